The van der Waals surface area contributed by atoms with E-state index in [4.69, 9.17) is 10.5 Å². The topological polar surface area (TPSA) is 48.1 Å². The summed E-state index contributed by atoms with van der Waals surface area (Å²) in [6.45, 7) is 4.00. The summed E-state index contributed by atoms with van der Waals surface area (Å²) >= 11 is 0. The van der Waals surface area contributed by atoms with Crippen molar-refractivity contribution in [3.63, 3.8) is 0 Å². The van der Waals surface area contributed by atoms with E-state index in [-0.39, 0.29) is 11.7 Å². The normalized spacial score (nSPS) is 10.6. The summed E-state index contributed by atoms with van der Waals surface area (Å²) in [6, 6.07) is 8.01. The van der Waals surface area contributed by atoms with Gasteiger partial charge in [-0.2, -0.15) is 18.2 Å². The molecule has 0 fully saturated rings. The summed E-state index contributed by atoms with van der Waals surface area (Å²) in [5, 5.41) is 0. The van der Waals surface area contributed by atoms with Crippen molar-refractivity contribution in [2.75, 3.05) is 12.8 Å². The van der Waals surface area contributed by atoms with Crippen LogP contribution in [0.25, 0.3) is 11.1 Å². The zero-order valence-corrected chi connectivity index (χ0v) is 12.0. The van der Waals surface area contributed by atoms with Gasteiger partial charge in [0.05, 0.1) is 12.7 Å². The quantitative estimate of drug-likeness (QED) is 0.894. The van der Waals surface area contributed by atoms with Gasteiger partial charge in [0.15, 0.2) is 0 Å². The van der Waals surface area contributed by atoms with Gasteiger partial charge in [0.1, 0.15) is 5.82 Å². The molecule has 6 heteroatoms. The van der Waals surface area contributed by atoms with Crippen molar-refractivity contribution in [1.29, 1.82) is 0 Å². The van der Waals surface area contributed by atoms with E-state index in [1.165, 1.54) is 19.2 Å². The number of anilines is 1. The van der Waals surface area contributed by atoms with Gasteiger partial charge in [0.25, 0.3) is 0 Å². The fourth-order valence-electron chi connectivity index (χ4n) is 1.67. The molecule has 2 aromatic rings. The first-order valence-corrected chi connectivity index (χ1v) is 6.40. The van der Waals surface area contributed by atoms with E-state index in [1.807, 2.05) is 13.8 Å². The van der Waals surface area contributed by atoms with Crippen LogP contribution in [0.4, 0.5) is 19.0 Å². The number of ether oxygens (including phenoxy) is 1. The third kappa shape index (κ3) is 4.11. The molecule has 3 nitrogen and oxygen atoms in total. The molecule has 2 N–H and O–H groups in total. The fraction of sp³-hybridized carbons (Fsp3) is 0.267. The van der Waals surface area contributed by atoms with Crippen LogP contribution in [-0.2, 0) is 6.18 Å². The third-order valence-corrected chi connectivity index (χ3v) is 2.60. The van der Waals surface area contributed by atoms with Crippen LogP contribution in [0.1, 0.15) is 19.4 Å². The number of nitrogens with zero attached hydrogens (tertiary/aromatic N) is 1. The fourth-order valence-corrected chi connectivity index (χ4v) is 1.67. The highest BCUT2D eigenvalue weighted by atomic mass is 19.4. The lowest BCUT2D eigenvalue weighted by Gasteiger charge is -2.10. The smallest absolute Gasteiger partial charge is 0.416 e. The van der Waals surface area contributed by atoms with Crippen molar-refractivity contribution in [3.8, 4) is 17.0 Å². The zero-order chi connectivity index (χ0) is 16.0. The van der Waals surface area contributed by atoms with Gasteiger partial charge in [-0.3, -0.25) is 0 Å². The Morgan fingerprint density at radius 2 is 1.57 bits per heavy atom. The molecule has 0 unspecified atom stereocenters. The van der Waals surface area contributed by atoms with Crippen molar-refractivity contribution in [2.45, 2.75) is 20.0 Å². The van der Waals surface area contributed by atoms with Crippen LogP contribution in [0.15, 0.2) is 36.4 Å². The Morgan fingerprint density at radius 1 is 1.00 bits per heavy atom. The molecule has 1 aromatic carbocycles. The largest absolute Gasteiger partial charge is 0.480 e. The zero-order valence-electron chi connectivity index (χ0n) is 12.0. The Balaban J connectivity index is 0.00000106. The summed E-state index contributed by atoms with van der Waals surface area (Å²) in [5.74, 6) is 0.562. The van der Waals surface area contributed by atoms with E-state index in [9.17, 15) is 13.2 Å². The average Bonchev–Trinajstić information content (AvgIpc) is 2.48. The van der Waals surface area contributed by atoms with Crippen molar-refractivity contribution >= 4 is 5.82 Å². The van der Waals surface area contributed by atoms with E-state index >= 15 is 0 Å². The molecule has 114 valence electrons. The van der Waals surface area contributed by atoms with E-state index < -0.39 is 11.7 Å². The number of nitrogens with two attached hydrogens (primary N) is 1. The number of halogens is 3. The first-order chi connectivity index (χ1) is 9.91. The van der Waals surface area contributed by atoms with Crippen LogP contribution in [0.3, 0.4) is 0 Å². The molecule has 21 heavy (non-hydrogen) atoms. The van der Waals surface area contributed by atoms with Gasteiger partial charge in [0.2, 0.25) is 5.88 Å². The van der Waals surface area contributed by atoms with Gasteiger partial charge in [-0.1, -0.05) is 26.0 Å². The lowest BCUT2D eigenvalue weighted by molar-refractivity contribution is -0.137. The standard InChI is InChI=1S/C13H11F3N2O.C2H6/c1-19-12-10(6-7-11(17)18-12)8-2-4-9(5-3-8)13(14,15)16;1-2/h2-7H,1H3,(H2,17,18);1-2H3. The Bertz CT molecular complexity index is 580. The van der Waals surface area contributed by atoms with Crippen molar-refractivity contribution in [2.24, 2.45) is 0 Å². The molecule has 0 atom stereocenters. The Labute approximate surface area is 121 Å². The molecule has 0 saturated heterocycles. The maximum atomic E-state index is 12.5. The average molecular weight is 298 g/mol. The third-order valence-electron chi connectivity index (χ3n) is 2.60. The lowest BCUT2D eigenvalue weighted by atomic mass is 10.0. The number of hydrogen-bond acceptors (Lipinski definition) is 3. The second-order valence-corrected chi connectivity index (χ2v) is 3.87. The van der Waals surface area contributed by atoms with Crippen LogP contribution < -0.4 is 10.5 Å². The molecule has 0 saturated carbocycles. The van der Waals surface area contributed by atoms with E-state index in [0.717, 1.165) is 12.1 Å². The van der Waals surface area contributed by atoms with Gasteiger partial charge in [0, 0.05) is 5.56 Å². The Hall–Kier alpha value is -2.24. The Morgan fingerprint density at radius 3 is 2.05 bits per heavy atom. The Kier molecular flexibility index (Phi) is 5.58. The molecular formula is C15H17F3N2O. The number of hydrogen-bond donors (Lipinski definition) is 1. The molecule has 0 amide bonds. The molecule has 2 rings (SSSR count). The van der Waals surface area contributed by atoms with Gasteiger partial charge in [-0.25, -0.2) is 0 Å². The first kappa shape index (κ1) is 16.8. The highest BCUT2D eigenvalue weighted by Gasteiger charge is 2.30. The van der Waals surface area contributed by atoms with E-state index in [2.05, 4.69) is 4.98 Å². The summed E-state index contributed by atoms with van der Waals surface area (Å²) < 4.78 is 42.5. The van der Waals surface area contributed by atoms with E-state index in [1.54, 1.807) is 12.1 Å². The van der Waals surface area contributed by atoms with Gasteiger partial charge < -0.3 is 10.5 Å². The molecule has 1 aromatic heterocycles. The number of benzene rings is 1. The molecule has 0 aliphatic heterocycles. The van der Waals surface area contributed by atoms with Crippen LogP contribution in [0.2, 0.25) is 0 Å². The number of alkyl halides is 3. The predicted octanol–water partition coefficient (Wildman–Crippen LogP) is 4.38. The highest BCUT2D eigenvalue weighted by molar-refractivity contribution is 5.70. The monoisotopic (exact) mass is 298 g/mol. The van der Waals surface area contributed by atoms with Crippen molar-refractivity contribution in [1.82, 2.24) is 4.98 Å². The highest BCUT2D eigenvalue weighted by Crippen LogP contribution is 2.33. The maximum Gasteiger partial charge on any atom is 0.416 e. The maximum absolute atomic E-state index is 12.5. The molecule has 0 radical (unpaired) electrons. The first-order valence-electron chi connectivity index (χ1n) is 6.40. The number of aromatic nitrogens is 1. The second-order valence-electron chi connectivity index (χ2n) is 3.87. The summed E-state index contributed by atoms with van der Waals surface area (Å²) in [6.07, 6.45) is -4.35. The number of nitrogen functional groups attached to an aromatic ring is 1. The second kappa shape index (κ2) is 6.97. The number of pyridine rings is 1. The minimum atomic E-state index is -4.35. The van der Waals surface area contributed by atoms with Crippen molar-refractivity contribution in [3.05, 3.63) is 42.0 Å². The minimum Gasteiger partial charge on any atom is -0.480 e. The van der Waals surface area contributed by atoms with Crippen molar-refractivity contribution < 1.29 is 17.9 Å². The number of rotatable bonds is 2. The predicted molar refractivity (Wildman–Crippen MR) is 77.0 cm³/mol. The molecular weight excluding hydrogens is 281 g/mol. The minimum absolute atomic E-state index is 0.278. The summed E-state index contributed by atoms with van der Waals surface area (Å²) in [5.41, 5.74) is 6.00. The van der Waals surface area contributed by atoms with Gasteiger partial charge >= 0.3 is 6.18 Å². The van der Waals surface area contributed by atoms with Gasteiger partial charge in [-0.15, -0.1) is 0 Å². The van der Waals surface area contributed by atoms with E-state index in [0.29, 0.717) is 11.1 Å². The lowest BCUT2D eigenvalue weighted by Crippen LogP contribution is -2.04. The van der Waals surface area contributed by atoms with Crippen LogP contribution in [0, 0.1) is 0 Å². The molecule has 1 heterocycles. The molecule has 0 aliphatic carbocycles. The SMILES string of the molecule is CC.COc1nc(N)ccc1-c1ccc(C(F)(F)F)cc1. The van der Waals surface area contributed by atoms with Crippen LogP contribution >= 0.6 is 0 Å². The molecule has 0 spiro atoms. The molecule has 0 aliphatic rings. The number of methoxy groups -OCH3 is 1. The van der Waals surface area contributed by atoms with Crippen LogP contribution in [-0.4, -0.2) is 12.1 Å². The summed E-state index contributed by atoms with van der Waals surface area (Å²) in [7, 11) is 1.43. The van der Waals surface area contributed by atoms with Crippen LogP contribution in [0.5, 0.6) is 5.88 Å². The summed E-state index contributed by atoms with van der Waals surface area (Å²) in [4.78, 5) is 3.97. The molecule has 0 bridgehead atoms. The van der Waals surface area contributed by atoms with Gasteiger partial charge in [-0.05, 0) is 29.8 Å².